The Morgan fingerprint density at radius 2 is 1.03 bits per heavy atom. The molecule has 0 unspecified atom stereocenters. The second kappa shape index (κ2) is 24.1. The second-order valence-electron chi connectivity index (χ2n) is 15.5. The fraction of sp³-hybridized carbons (Fsp3) is 0.300. The van der Waals surface area contributed by atoms with Gasteiger partial charge in [0.05, 0.1) is 15.8 Å². The minimum atomic E-state index is -4.33. The molecule has 2 heterocycles. The van der Waals surface area contributed by atoms with Crippen molar-refractivity contribution in [3.63, 3.8) is 0 Å². The highest BCUT2D eigenvalue weighted by molar-refractivity contribution is 7.97. The Morgan fingerprint density at radius 1 is 0.597 bits per heavy atom. The molecule has 12 heteroatoms. The summed E-state index contributed by atoms with van der Waals surface area (Å²) in [6.45, 7) is 8.47. The van der Waals surface area contributed by atoms with E-state index in [0.29, 0.717) is 30.9 Å². The summed E-state index contributed by atoms with van der Waals surface area (Å²) in [6.07, 6.45) is 14.6. The third-order valence-corrected chi connectivity index (χ3v) is 12.5. The van der Waals surface area contributed by atoms with Crippen LogP contribution < -0.4 is 14.2 Å². The lowest BCUT2D eigenvalue weighted by molar-refractivity contribution is -0.157. The maximum Gasteiger partial charge on any atom is 0.344 e. The van der Waals surface area contributed by atoms with Crippen molar-refractivity contribution < 1.29 is 36.7 Å². The molecule has 0 saturated carbocycles. The summed E-state index contributed by atoms with van der Waals surface area (Å²) in [7, 11) is -4.75. The topological polar surface area (TPSA) is 137 Å². The average molecular weight is 877 g/mol. The van der Waals surface area contributed by atoms with Gasteiger partial charge in [0.1, 0.15) is 46.2 Å². The molecular weight excluding hydrogens is 821 g/mol. The molecule has 4 aromatic carbocycles. The van der Waals surface area contributed by atoms with E-state index in [2.05, 4.69) is 41.2 Å². The maximum absolute atomic E-state index is 12.1. The highest BCUT2D eigenvalue weighted by atomic mass is 32.2. The van der Waals surface area contributed by atoms with Crippen molar-refractivity contribution in [1.82, 2.24) is 9.97 Å². The van der Waals surface area contributed by atoms with Gasteiger partial charge in [0.2, 0.25) is 0 Å². The molecule has 0 bridgehead atoms. The molecule has 326 valence electrons. The van der Waals surface area contributed by atoms with Crippen LogP contribution in [0.3, 0.4) is 0 Å². The second-order valence-corrected chi connectivity index (χ2v) is 18.8. The predicted octanol–water partition coefficient (Wildman–Crippen LogP) is 10.9. The summed E-state index contributed by atoms with van der Waals surface area (Å²) < 4.78 is 56.3. The third-order valence-electron chi connectivity index (χ3n) is 9.31. The van der Waals surface area contributed by atoms with Crippen LogP contribution in [0.25, 0.3) is 0 Å². The predicted molar refractivity (Wildman–Crippen MR) is 241 cm³/mol. The van der Waals surface area contributed by atoms with Gasteiger partial charge < -0.3 is 23.5 Å². The van der Waals surface area contributed by atoms with E-state index in [4.69, 9.17) is 18.9 Å². The first-order valence-electron chi connectivity index (χ1n) is 20.8. The number of rotatable bonds is 20. The molecule has 0 radical (unpaired) electrons. The molecule has 2 aromatic heterocycles. The average Bonchev–Trinajstić information content (AvgIpc) is 3.27. The van der Waals surface area contributed by atoms with Crippen molar-refractivity contribution in [3.05, 3.63) is 163 Å². The SMILES string of the molecule is CC(C)(C)OC(=O)COc1ccc([S+](c2ccc(OCc3ccncc3)cc2)c2ccc(OCc3ccncc3)cc2)cc1.CCCCCCCCc1ccccc1S(=O)(=O)[O-]. The van der Waals surface area contributed by atoms with Crippen LogP contribution in [0.5, 0.6) is 17.2 Å². The number of nitrogens with zero attached hydrogens (tertiary/aromatic N) is 2. The van der Waals surface area contributed by atoms with Gasteiger partial charge in [-0.2, -0.15) is 0 Å². The number of aryl methyl sites for hydroxylation is 1. The molecule has 0 aliphatic carbocycles. The Hall–Kier alpha value is -5.69. The molecule has 6 rings (SSSR count). The number of ether oxygens (including phenoxy) is 4. The number of carbonyl (C=O) groups excluding carboxylic acids is 1. The zero-order valence-electron chi connectivity index (χ0n) is 35.9. The molecule has 6 aromatic rings. The van der Waals surface area contributed by atoms with Crippen molar-refractivity contribution in [3.8, 4) is 17.2 Å². The van der Waals surface area contributed by atoms with Crippen LogP contribution in [-0.2, 0) is 50.2 Å². The summed E-state index contributed by atoms with van der Waals surface area (Å²) in [5.74, 6) is 1.78. The zero-order chi connectivity index (χ0) is 44.2. The first-order valence-corrected chi connectivity index (χ1v) is 23.5. The molecule has 0 N–H and O–H groups in total. The fourth-order valence-electron chi connectivity index (χ4n) is 6.28. The smallest absolute Gasteiger partial charge is 0.344 e. The molecule has 0 amide bonds. The lowest BCUT2D eigenvalue weighted by Crippen LogP contribution is -2.27. The molecule has 0 aliphatic heterocycles. The normalized spacial score (nSPS) is 11.3. The Labute approximate surface area is 369 Å². The van der Waals surface area contributed by atoms with Gasteiger partial charge in [0.15, 0.2) is 21.3 Å². The van der Waals surface area contributed by atoms with Crippen LogP contribution in [0.1, 0.15) is 82.9 Å². The fourth-order valence-corrected chi connectivity index (χ4v) is 9.06. The quantitative estimate of drug-likeness (QED) is 0.0315. The van der Waals surface area contributed by atoms with Crippen LogP contribution in [0.15, 0.2) is 166 Å². The van der Waals surface area contributed by atoms with Crippen LogP contribution in [0.4, 0.5) is 0 Å². The third kappa shape index (κ3) is 16.3. The molecule has 10 nitrogen and oxygen atoms in total. The van der Waals surface area contributed by atoms with Gasteiger partial charge in [0.25, 0.3) is 0 Å². The van der Waals surface area contributed by atoms with Crippen molar-refractivity contribution in [2.75, 3.05) is 6.61 Å². The number of pyridine rings is 2. The monoisotopic (exact) mass is 876 g/mol. The highest BCUT2D eigenvalue weighted by Crippen LogP contribution is 2.34. The van der Waals surface area contributed by atoms with Gasteiger partial charge in [-0.05, 0) is 153 Å². The van der Waals surface area contributed by atoms with E-state index >= 15 is 0 Å². The van der Waals surface area contributed by atoms with Gasteiger partial charge >= 0.3 is 5.97 Å². The number of esters is 1. The van der Waals surface area contributed by atoms with Crippen LogP contribution in [-0.4, -0.2) is 41.1 Å². The van der Waals surface area contributed by atoms with Crippen molar-refractivity contribution >= 4 is 27.0 Å². The van der Waals surface area contributed by atoms with E-state index in [1.807, 2.05) is 93.6 Å². The summed E-state index contributed by atoms with van der Waals surface area (Å²) in [5, 5.41) is 0. The van der Waals surface area contributed by atoms with Crippen LogP contribution in [0, 0.1) is 0 Å². The first kappa shape index (κ1) is 47.4. The molecule has 0 spiro atoms. The summed E-state index contributed by atoms with van der Waals surface area (Å²) in [6, 6.07) is 38.5. The van der Waals surface area contributed by atoms with E-state index in [1.165, 1.54) is 31.7 Å². The largest absolute Gasteiger partial charge is 0.744 e. The van der Waals surface area contributed by atoms with E-state index < -0.39 is 32.6 Å². The van der Waals surface area contributed by atoms with E-state index in [9.17, 15) is 17.8 Å². The van der Waals surface area contributed by atoms with Gasteiger partial charge in [-0.25, -0.2) is 13.2 Å². The molecular formula is C50H56N2O8S2. The van der Waals surface area contributed by atoms with E-state index in [0.717, 1.165) is 50.2 Å². The molecule has 0 fully saturated rings. The highest BCUT2D eigenvalue weighted by Gasteiger charge is 2.29. The number of hydrogen-bond acceptors (Lipinski definition) is 10. The Kier molecular flexibility index (Phi) is 18.4. The maximum atomic E-state index is 12.1. The van der Waals surface area contributed by atoms with Crippen molar-refractivity contribution in [1.29, 1.82) is 0 Å². The van der Waals surface area contributed by atoms with Crippen LogP contribution >= 0.6 is 0 Å². The molecule has 0 saturated heterocycles. The lowest BCUT2D eigenvalue weighted by atomic mass is 10.1. The first-order chi connectivity index (χ1) is 29.9. The standard InChI is InChI=1S/C36H35N2O5S.C14H22O3S/c1-36(2,3)43-35(39)26-42-31-8-14-34(15-9-31)44(32-10-4-29(5-11-32)40-24-27-16-20-37-21-17-27)33-12-6-30(7-13-33)41-25-28-18-22-38-23-19-28;1-2-3-4-5-6-7-10-13-11-8-9-12-14(13)18(15,16)17/h4-23H,24-26H2,1-3H3;8-9,11-12H,2-7,10H2,1H3,(H,15,16,17)/q+1;/p-1. The number of carbonyl (C=O) groups is 1. The minimum Gasteiger partial charge on any atom is -0.744 e. The number of unbranched alkanes of at least 4 members (excludes halogenated alkanes) is 5. The Morgan fingerprint density at radius 3 is 1.48 bits per heavy atom. The summed E-state index contributed by atoms with van der Waals surface area (Å²) in [5.41, 5.74) is 2.22. The molecule has 0 atom stereocenters. The lowest BCUT2D eigenvalue weighted by Gasteiger charge is -2.19. The number of hydrogen-bond donors (Lipinski definition) is 0. The number of aromatic nitrogens is 2. The van der Waals surface area contributed by atoms with Crippen molar-refractivity contribution in [2.24, 2.45) is 0 Å². The zero-order valence-corrected chi connectivity index (χ0v) is 37.5. The minimum absolute atomic E-state index is 0.0569. The summed E-state index contributed by atoms with van der Waals surface area (Å²) in [4.78, 5) is 23.5. The Balaban J connectivity index is 0.000000338. The molecule has 62 heavy (non-hydrogen) atoms. The molecule has 0 aliphatic rings. The van der Waals surface area contributed by atoms with Gasteiger partial charge in [-0.1, -0.05) is 57.2 Å². The number of benzene rings is 4. The van der Waals surface area contributed by atoms with Gasteiger partial charge in [0, 0.05) is 24.8 Å². The van der Waals surface area contributed by atoms with Crippen molar-refractivity contribution in [2.45, 2.75) is 111 Å². The van der Waals surface area contributed by atoms with E-state index in [-0.39, 0.29) is 11.5 Å². The van der Waals surface area contributed by atoms with Gasteiger partial charge in [-0.15, -0.1) is 0 Å². The summed E-state index contributed by atoms with van der Waals surface area (Å²) >= 11 is 0. The van der Waals surface area contributed by atoms with E-state index in [1.54, 1.807) is 43.0 Å². The Bertz CT molecular complexity index is 2250. The van der Waals surface area contributed by atoms with Crippen LogP contribution in [0.2, 0.25) is 0 Å². The van der Waals surface area contributed by atoms with Gasteiger partial charge in [-0.3, -0.25) is 9.97 Å².